The van der Waals surface area contributed by atoms with Crippen molar-refractivity contribution in [2.24, 2.45) is 0 Å². The molecule has 0 radical (unpaired) electrons. The summed E-state index contributed by atoms with van der Waals surface area (Å²) in [7, 11) is 0. The second kappa shape index (κ2) is 8.87. The topological polar surface area (TPSA) is 61.8 Å². The minimum absolute atomic E-state index is 0.106. The molecule has 0 amide bonds. The van der Waals surface area contributed by atoms with E-state index < -0.39 is 0 Å². The molecule has 0 aliphatic heterocycles. The Morgan fingerprint density at radius 1 is 0.880 bits per heavy atom. The van der Waals surface area contributed by atoms with Crippen LogP contribution in [-0.2, 0) is 38.9 Å². The van der Waals surface area contributed by atoms with Crippen molar-refractivity contribution in [1.29, 1.82) is 0 Å². The van der Waals surface area contributed by atoms with Crippen LogP contribution in [0.25, 0.3) is 0 Å². The van der Waals surface area contributed by atoms with E-state index in [1.807, 2.05) is 49.4 Å². The van der Waals surface area contributed by atoms with Gasteiger partial charge in [0.05, 0.1) is 0 Å². The second-order valence-corrected chi connectivity index (χ2v) is 5.71. The molecule has 0 bridgehead atoms. The van der Waals surface area contributed by atoms with Crippen LogP contribution in [0.5, 0.6) is 5.75 Å². The van der Waals surface area contributed by atoms with Crippen LogP contribution < -0.4 is 4.74 Å². The molecule has 0 aromatic heterocycles. The summed E-state index contributed by atoms with van der Waals surface area (Å²) >= 11 is 0. The van der Waals surface area contributed by atoms with Gasteiger partial charge in [-0.15, -0.1) is 0 Å². The van der Waals surface area contributed by atoms with Gasteiger partial charge in [-0.2, -0.15) is 0 Å². The second-order valence-electron chi connectivity index (χ2n) is 5.71. The predicted octanol–water partition coefficient (Wildman–Crippen LogP) is 3.70. The molecule has 0 spiro atoms. The van der Waals surface area contributed by atoms with Crippen LogP contribution in [0.2, 0.25) is 0 Å². The molecular formula is C20H22O5. The number of esters is 2. The standard InChI is InChI=1S/C20H22O5/c1-14-9-19(25-11-17-7-5-4-6-8-17)10-18(12-23-15(2)21)20(14)13-24-16(3)22/h4-10H,11-13H2,1-3H3. The summed E-state index contributed by atoms with van der Waals surface area (Å²) < 4.78 is 16.1. The lowest BCUT2D eigenvalue weighted by Gasteiger charge is -2.16. The Morgan fingerprint density at radius 3 is 2.16 bits per heavy atom. The van der Waals surface area contributed by atoms with Gasteiger partial charge in [0.25, 0.3) is 0 Å². The average Bonchev–Trinajstić information content (AvgIpc) is 2.57. The largest absolute Gasteiger partial charge is 0.489 e. The van der Waals surface area contributed by atoms with Crippen LogP contribution in [0.1, 0.15) is 36.1 Å². The fourth-order valence-electron chi connectivity index (χ4n) is 2.37. The molecule has 2 aromatic rings. The first kappa shape index (κ1) is 18.5. The Balaban J connectivity index is 2.19. The van der Waals surface area contributed by atoms with Gasteiger partial charge < -0.3 is 14.2 Å². The minimum atomic E-state index is -0.369. The molecule has 0 unspecified atom stereocenters. The number of benzene rings is 2. The first-order valence-electron chi connectivity index (χ1n) is 8.01. The van der Waals surface area contributed by atoms with E-state index in [4.69, 9.17) is 14.2 Å². The van der Waals surface area contributed by atoms with Gasteiger partial charge in [-0.25, -0.2) is 0 Å². The van der Waals surface area contributed by atoms with Gasteiger partial charge >= 0.3 is 11.9 Å². The van der Waals surface area contributed by atoms with Crippen LogP contribution in [0, 0.1) is 6.92 Å². The molecule has 0 heterocycles. The fraction of sp³-hybridized carbons (Fsp3) is 0.300. The molecule has 2 rings (SSSR count). The summed E-state index contributed by atoms with van der Waals surface area (Å²) in [4.78, 5) is 22.2. The van der Waals surface area contributed by atoms with Gasteiger partial charge in [-0.3, -0.25) is 9.59 Å². The molecule has 0 saturated carbocycles. The van der Waals surface area contributed by atoms with Crippen molar-refractivity contribution < 1.29 is 23.8 Å². The van der Waals surface area contributed by atoms with E-state index in [9.17, 15) is 9.59 Å². The van der Waals surface area contributed by atoms with Gasteiger partial charge in [0.15, 0.2) is 0 Å². The fourth-order valence-corrected chi connectivity index (χ4v) is 2.37. The lowest BCUT2D eigenvalue weighted by Crippen LogP contribution is -2.08. The molecule has 5 nitrogen and oxygen atoms in total. The summed E-state index contributed by atoms with van der Waals surface area (Å²) in [5, 5.41) is 0. The SMILES string of the molecule is CC(=O)OCc1cc(OCc2ccccc2)cc(C)c1COC(C)=O. The Kier molecular flexibility index (Phi) is 6.57. The molecule has 25 heavy (non-hydrogen) atoms. The quantitative estimate of drug-likeness (QED) is 0.718. The Hall–Kier alpha value is -2.82. The summed E-state index contributed by atoms with van der Waals surface area (Å²) in [6, 6.07) is 13.5. The normalized spacial score (nSPS) is 10.2. The third-order valence-corrected chi connectivity index (χ3v) is 3.64. The highest BCUT2D eigenvalue weighted by molar-refractivity contribution is 5.66. The zero-order valence-electron chi connectivity index (χ0n) is 14.7. The van der Waals surface area contributed by atoms with Gasteiger partial charge in [-0.1, -0.05) is 30.3 Å². The average molecular weight is 342 g/mol. The third kappa shape index (κ3) is 5.95. The lowest BCUT2D eigenvalue weighted by molar-refractivity contribution is -0.143. The highest BCUT2D eigenvalue weighted by Gasteiger charge is 2.12. The molecule has 2 aromatic carbocycles. The summed E-state index contributed by atoms with van der Waals surface area (Å²) in [5.41, 5.74) is 3.56. The van der Waals surface area contributed by atoms with E-state index >= 15 is 0 Å². The van der Waals surface area contributed by atoms with Crippen molar-refractivity contribution in [1.82, 2.24) is 0 Å². The number of rotatable bonds is 7. The Bertz CT molecular complexity index is 737. The monoisotopic (exact) mass is 342 g/mol. The Labute approximate surface area is 147 Å². The number of hydrogen-bond donors (Lipinski definition) is 0. The molecule has 0 N–H and O–H groups in total. The van der Waals surface area contributed by atoms with E-state index in [2.05, 4.69) is 0 Å². The molecule has 0 aliphatic carbocycles. The van der Waals surface area contributed by atoms with Crippen molar-refractivity contribution in [3.05, 3.63) is 64.7 Å². The summed E-state index contributed by atoms with van der Waals surface area (Å²) in [5.74, 6) is -0.0518. The molecule has 0 aliphatic rings. The van der Waals surface area contributed by atoms with Crippen LogP contribution >= 0.6 is 0 Å². The smallest absolute Gasteiger partial charge is 0.302 e. The maximum absolute atomic E-state index is 11.1. The number of aryl methyl sites for hydroxylation is 1. The van der Waals surface area contributed by atoms with Gasteiger partial charge in [0, 0.05) is 13.8 Å². The van der Waals surface area contributed by atoms with Crippen molar-refractivity contribution in [2.75, 3.05) is 0 Å². The lowest BCUT2D eigenvalue weighted by atomic mass is 10.0. The van der Waals surface area contributed by atoms with E-state index in [0.717, 1.165) is 22.3 Å². The van der Waals surface area contributed by atoms with Crippen LogP contribution in [0.15, 0.2) is 42.5 Å². The van der Waals surface area contributed by atoms with Crippen LogP contribution in [0.4, 0.5) is 0 Å². The van der Waals surface area contributed by atoms with E-state index in [-0.39, 0.29) is 25.2 Å². The van der Waals surface area contributed by atoms with Gasteiger partial charge in [-0.05, 0) is 41.3 Å². The molecule has 5 heteroatoms. The number of carbonyl (C=O) groups excluding carboxylic acids is 2. The highest BCUT2D eigenvalue weighted by atomic mass is 16.5. The van der Waals surface area contributed by atoms with Crippen molar-refractivity contribution in [3.63, 3.8) is 0 Å². The number of ether oxygens (including phenoxy) is 3. The molecule has 0 fully saturated rings. The van der Waals surface area contributed by atoms with Crippen molar-refractivity contribution >= 4 is 11.9 Å². The Morgan fingerprint density at radius 2 is 1.52 bits per heavy atom. The minimum Gasteiger partial charge on any atom is -0.489 e. The van der Waals surface area contributed by atoms with E-state index in [1.54, 1.807) is 0 Å². The van der Waals surface area contributed by atoms with Crippen LogP contribution in [-0.4, -0.2) is 11.9 Å². The van der Waals surface area contributed by atoms with Gasteiger partial charge in [0.2, 0.25) is 0 Å². The molecule has 132 valence electrons. The molecule has 0 atom stereocenters. The van der Waals surface area contributed by atoms with E-state index in [0.29, 0.717) is 12.4 Å². The zero-order valence-corrected chi connectivity index (χ0v) is 14.7. The van der Waals surface area contributed by atoms with Crippen LogP contribution in [0.3, 0.4) is 0 Å². The maximum Gasteiger partial charge on any atom is 0.302 e. The summed E-state index contributed by atoms with van der Waals surface area (Å²) in [6.07, 6.45) is 0. The van der Waals surface area contributed by atoms with Crippen molar-refractivity contribution in [2.45, 2.75) is 40.6 Å². The number of hydrogen-bond acceptors (Lipinski definition) is 5. The molecule has 0 saturated heterocycles. The van der Waals surface area contributed by atoms with Gasteiger partial charge in [0.1, 0.15) is 25.6 Å². The first-order chi connectivity index (χ1) is 12.0. The summed E-state index contributed by atoms with van der Waals surface area (Å²) in [6.45, 7) is 5.31. The maximum atomic E-state index is 11.1. The highest BCUT2D eigenvalue weighted by Crippen LogP contribution is 2.25. The molecular weight excluding hydrogens is 320 g/mol. The zero-order chi connectivity index (χ0) is 18.2. The van der Waals surface area contributed by atoms with E-state index in [1.165, 1.54) is 13.8 Å². The number of carbonyl (C=O) groups is 2. The first-order valence-corrected chi connectivity index (χ1v) is 8.01. The van der Waals surface area contributed by atoms with Crippen molar-refractivity contribution in [3.8, 4) is 5.75 Å². The third-order valence-electron chi connectivity index (χ3n) is 3.64. The predicted molar refractivity (Wildman–Crippen MR) is 92.9 cm³/mol.